The highest BCUT2D eigenvalue weighted by Gasteiger charge is 1.96. The zero-order valence-corrected chi connectivity index (χ0v) is 7.01. The van der Waals surface area contributed by atoms with Crippen LogP contribution in [-0.2, 0) is 6.42 Å². The number of nitrogens with two attached hydrogens (primary N) is 1. The fourth-order valence-electron chi connectivity index (χ4n) is 0.923. The largest absolute Gasteiger partial charge is 0.327 e. The van der Waals surface area contributed by atoms with Crippen molar-refractivity contribution >= 4 is 11.6 Å². The summed E-state index contributed by atoms with van der Waals surface area (Å²) >= 11 is 5.70. The number of halogens is 1. The van der Waals surface area contributed by atoms with E-state index in [0.29, 0.717) is 0 Å². The van der Waals surface area contributed by atoms with Gasteiger partial charge in [-0.15, -0.1) is 0 Å². The molecule has 0 heterocycles. The molecule has 1 aromatic rings. The topological polar surface area (TPSA) is 26.0 Å². The van der Waals surface area contributed by atoms with Gasteiger partial charge in [-0.3, -0.25) is 0 Å². The van der Waals surface area contributed by atoms with Gasteiger partial charge in [-0.25, -0.2) is 0 Å². The molecule has 0 aliphatic rings. The number of hydrogen-bond donors (Lipinski definition) is 1. The van der Waals surface area contributed by atoms with E-state index in [1.54, 1.807) is 0 Å². The van der Waals surface area contributed by atoms with Crippen LogP contribution in [0.3, 0.4) is 0 Å². The van der Waals surface area contributed by atoms with E-state index in [1.807, 2.05) is 24.3 Å². The van der Waals surface area contributed by atoms with E-state index in [1.165, 1.54) is 5.56 Å². The van der Waals surface area contributed by atoms with Crippen molar-refractivity contribution in [1.82, 2.24) is 0 Å². The third-order valence-electron chi connectivity index (χ3n) is 1.41. The summed E-state index contributed by atoms with van der Waals surface area (Å²) in [5.41, 5.74) is 6.70. The molecule has 0 saturated heterocycles. The first kappa shape index (κ1) is 8.57. The van der Waals surface area contributed by atoms with E-state index in [9.17, 15) is 0 Å². The quantitative estimate of drug-likeness (QED) is 0.719. The Kier molecular flexibility index (Phi) is 2.92. The minimum Gasteiger partial charge on any atom is -0.327 e. The summed E-state index contributed by atoms with van der Waals surface area (Å²) < 4.78 is 0. The van der Waals surface area contributed by atoms with E-state index < -0.39 is 0 Å². The lowest BCUT2D eigenvalue weighted by Crippen LogP contribution is -2.17. The maximum Gasteiger partial charge on any atom is 0.0406 e. The predicted molar refractivity (Wildman–Crippen MR) is 48.5 cm³/mol. The van der Waals surface area contributed by atoms with Gasteiger partial charge in [0.1, 0.15) is 0 Å². The zero-order valence-electron chi connectivity index (χ0n) is 6.26. The lowest BCUT2D eigenvalue weighted by molar-refractivity contribution is 0.807. The summed E-state index contributed by atoms with van der Waals surface area (Å²) in [6, 6.07) is 7.62. The molecule has 1 radical (unpaired) electrons. The van der Waals surface area contributed by atoms with E-state index in [2.05, 4.69) is 6.92 Å². The van der Waals surface area contributed by atoms with Gasteiger partial charge in [-0.2, -0.15) is 0 Å². The van der Waals surface area contributed by atoms with Gasteiger partial charge in [-0.05, 0) is 31.0 Å². The number of hydrogen-bond acceptors (Lipinski definition) is 1. The van der Waals surface area contributed by atoms with Crippen LogP contribution in [0.5, 0.6) is 0 Å². The van der Waals surface area contributed by atoms with Crippen LogP contribution in [0.2, 0.25) is 5.02 Å². The molecule has 0 fully saturated rings. The predicted octanol–water partition coefficient (Wildman–Crippen LogP) is 2.04. The Hall–Kier alpha value is -0.530. The summed E-state index contributed by atoms with van der Waals surface area (Å²) in [7, 11) is 0. The average Bonchev–Trinajstić information content (AvgIpc) is 1.93. The highest BCUT2D eigenvalue weighted by atomic mass is 35.5. The fourth-order valence-corrected chi connectivity index (χ4v) is 1.05. The Morgan fingerprint density at radius 2 is 1.91 bits per heavy atom. The van der Waals surface area contributed by atoms with Gasteiger partial charge in [0.2, 0.25) is 0 Å². The van der Waals surface area contributed by atoms with Gasteiger partial charge in [-0.1, -0.05) is 23.7 Å². The summed E-state index contributed by atoms with van der Waals surface area (Å²) in [6.45, 7) is 3.70. The van der Waals surface area contributed by atoms with Gasteiger partial charge in [0.05, 0.1) is 0 Å². The third kappa shape index (κ3) is 2.91. The molecule has 2 N–H and O–H groups in total. The fraction of sp³-hybridized carbons (Fsp3) is 0.222. The van der Waals surface area contributed by atoms with Gasteiger partial charge in [0.25, 0.3) is 0 Å². The van der Waals surface area contributed by atoms with Gasteiger partial charge in [0, 0.05) is 11.1 Å². The summed E-state index contributed by atoms with van der Waals surface area (Å²) in [5, 5.41) is 0.756. The summed E-state index contributed by atoms with van der Waals surface area (Å²) in [5.74, 6) is 0. The number of rotatable bonds is 2. The molecule has 1 rings (SSSR count). The van der Waals surface area contributed by atoms with Crippen molar-refractivity contribution in [2.24, 2.45) is 5.73 Å². The first-order valence-electron chi connectivity index (χ1n) is 3.51. The molecule has 1 atom stereocenters. The van der Waals surface area contributed by atoms with Crippen molar-refractivity contribution in [3.8, 4) is 0 Å². The first-order chi connectivity index (χ1) is 5.18. The Bertz CT molecular complexity index is 216. The van der Waals surface area contributed by atoms with Crippen molar-refractivity contribution in [3.63, 3.8) is 0 Å². The van der Waals surface area contributed by atoms with Crippen LogP contribution in [0.25, 0.3) is 0 Å². The van der Waals surface area contributed by atoms with Crippen LogP contribution in [0.1, 0.15) is 5.56 Å². The van der Waals surface area contributed by atoms with Crippen molar-refractivity contribution in [2.75, 3.05) is 0 Å². The molecule has 0 aliphatic carbocycles. The molecular formula is C9H11ClN. The molecule has 0 bridgehead atoms. The molecule has 59 valence electrons. The van der Waals surface area contributed by atoms with Gasteiger partial charge >= 0.3 is 0 Å². The highest BCUT2D eigenvalue weighted by molar-refractivity contribution is 6.30. The van der Waals surface area contributed by atoms with Crippen molar-refractivity contribution in [3.05, 3.63) is 41.8 Å². The molecule has 0 saturated carbocycles. The second-order valence-corrected chi connectivity index (χ2v) is 3.03. The van der Waals surface area contributed by atoms with Crippen LogP contribution in [0.15, 0.2) is 24.3 Å². The average molecular weight is 169 g/mol. The van der Waals surface area contributed by atoms with E-state index in [4.69, 9.17) is 17.3 Å². The second kappa shape index (κ2) is 3.74. The lowest BCUT2D eigenvalue weighted by atomic mass is 10.1. The van der Waals surface area contributed by atoms with Crippen LogP contribution in [0.4, 0.5) is 0 Å². The van der Waals surface area contributed by atoms with E-state index in [0.717, 1.165) is 11.4 Å². The third-order valence-corrected chi connectivity index (χ3v) is 1.66. The van der Waals surface area contributed by atoms with Gasteiger partial charge in [0.15, 0.2) is 0 Å². The molecule has 0 amide bonds. The monoisotopic (exact) mass is 168 g/mol. The molecular weight excluding hydrogens is 158 g/mol. The summed E-state index contributed by atoms with van der Waals surface area (Å²) in [4.78, 5) is 0. The molecule has 0 spiro atoms. The van der Waals surface area contributed by atoms with E-state index >= 15 is 0 Å². The van der Waals surface area contributed by atoms with Crippen LogP contribution in [0, 0.1) is 6.92 Å². The Morgan fingerprint density at radius 3 is 2.36 bits per heavy atom. The van der Waals surface area contributed by atoms with Crippen molar-refractivity contribution < 1.29 is 0 Å². The molecule has 1 aromatic carbocycles. The molecule has 11 heavy (non-hydrogen) atoms. The molecule has 0 unspecified atom stereocenters. The lowest BCUT2D eigenvalue weighted by Gasteiger charge is -2.03. The maximum atomic E-state index is 5.70. The Morgan fingerprint density at radius 1 is 1.36 bits per heavy atom. The van der Waals surface area contributed by atoms with Crippen LogP contribution >= 0.6 is 11.6 Å². The normalized spacial score (nSPS) is 13.0. The Labute approximate surface area is 72.2 Å². The zero-order chi connectivity index (χ0) is 8.27. The van der Waals surface area contributed by atoms with E-state index in [-0.39, 0.29) is 6.04 Å². The molecule has 0 aliphatic heterocycles. The first-order valence-corrected chi connectivity index (χ1v) is 3.89. The summed E-state index contributed by atoms with van der Waals surface area (Å²) in [6.07, 6.45) is 0.803. The SMILES string of the molecule is [CH2][C@@H](N)Cc1ccc(Cl)cc1. The highest BCUT2D eigenvalue weighted by Crippen LogP contribution is 2.10. The second-order valence-electron chi connectivity index (χ2n) is 2.59. The van der Waals surface area contributed by atoms with Gasteiger partial charge < -0.3 is 5.73 Å². The molecule has 2 heteroatoms. The molecule has 0 aromatic heterocycles. The molecule has 1 nitrogen and oxygen atoms in total. The number of benzene rings is 1. The van der Waals surface area contributed by atoms with Crippen molar-refractivity contribution in [1.29, 1.82) is 0 Å². The minimum atomic E-state index is -0.0313. The standard InChI is InChI=1S/C9H11ClN/c1-7(11)6-8-2-4-9(10)5-3-8/h2-5,7H,1,6,11H2/t7-/m1/s1. The van der Waals surface area contributed by atoms with Crippen LogP contribution < -0.4 is 5.73 Å². The van der Waals surface area contributed by atoms with Crippen molar-refractivity contribution in [2.45, 2.75) is 12.5 Å². The van der Waals surface area contributed by atoms with Crippen LogP contribution in [-0.4, -0.2) is 6.04 Å². The maximum absolute atomic E-state index is 5.70. The Balaban J connectivity index is 2.66. The smallest absolute Gasteiger partial charge is 0.0406 e. The minimum absolute atomic E-state index is 0.0313.